The van der Waals surface area contributed by atoms with Crippen molar-refractivity contribution in [1.82, 2.24) is 29.1 Å². The number of benzene rings is 2. The number of carbonyl (C=O) groups excluding carboxylic acids is 2. The molecule has 2 aliphatic rings. The molecule has 0 radical (unpaired) electrons. The van der Waals surface area contributed by atoms with Crippen LogP contribution in [0.3, 0.4) is 0 Å². The van der Waals surface area contributed by atoms with Crippen LogP contribution in [0.1, 0.15) is 36.4 Å². The smallest absolute Gasteiger partial charge is 0.343 e. The van der Waals surface area contributed by atoms with Gasteiger partial charge in [0.15, 0.2) is 0 Å². The first kappa shape index (κ1) is 29.0. The summed E-state index contributed by atoms with van der Waals surface area (Å²) in [5, 5.41) is 7.57. The summed E-state index contributed by atoms with van der Waals surface area (Å²) in [5.41, 5.74) is 1.35. The maximum atomic E-state index is 14.2. The number of para-hydroxylation sites is 1. The standard InChI is InChI=1S/C29H27ClF4N6O3/c30-22-12-17-11-18(27(42)38(16-29(32,33)34)15-21(17)20-14-35-36-26(20)22)13-25(41)37-7-5-19(6-8-37)39-9-10-40(28(39)43)24-4-2-1-3-23(24)31/h1-4,9-10,12,14,18-19H,5-8,11,13,15-16H2,(H,35,36). The van der Waals surface area contributed by atoms with E-state index < -0.39 is 36.1 Å². The third-order valence-electron chi connectivity index (χ3n) is 8.29. The van der Waals surface area contributed by atoms with Gasteiger partial charge in [0.1, 0.15) is 12.4 Å². The molecular formula is C29H27ClF4N6O3. The van der Waals surface area contributed by atoms with E-state index in [1.54, 1.807) is 23.2 Å². The van der Waals surface area contributed by atoms with Crippen molar-refractivity contribution < 1.29 is 27.2 Å². The number of nitrogens with one attached hydrogen (secondary N) is 1. The number of carbonyl (C=O) groups is 2. The molecule has 4 heterocycles. The van der Waals surface area contributed by atoms with Crippen LogP contribution in [0.4, 0.5) is 17.6 Å². The number of aromatic nitrogens is 4. The van der Waals surface area contributed by atoms with E-state index in [-0.39, 0.29) is 37.0 Å². The van der Waals surface area contributed by atoms with E-state index >= 15 is 0 Å². The minimum atomic E-state index is -4.62. The lowest BCUT2D eigenvalue weighted by molar-refractivity contribution is -0.165. The first-order chi connectivity index (χ1) is 20.5. The number of rotatable bonds is 5. The fraction of sp³-hybridized carbons (Fsp3) is 0.379. The summed E-state index contributed by atoms with van der Waals surface area (Å²) < 4.78 is 57.5. The SMILES string of the molecule is O=C(CC1Cc2cc(Cl)c3[nH]ncc3c2CN(CC(F)(F)F)C1=O)N1CCC(n2ccn(-c3ccccc3F)c2=O)CC1. The second-order valence-electron chi connectivity index (χ2n) is 11.0. The number of H-pyrrole nitrogens is 1. The number of hydrogen-bond acceptors (Lipinski definition) is 4. The highest BCUT2D eigenvalue weighted by Gasteiger charge is 2.39. The topological polar surface area (TPSA) is 96.2 Å². The van der Waals surface area contributed by atoms with Gasteiger partial charge in [0.25, 0.3) is 0 Å². The first-order valence-corrected chi connectivity index (χ1v) is 14.2. The molecule has 1 fully saturated rings. The van der Waals surface area contributed by atoms with Crippen molar-refractivity contribution in [2.75, 3.05) is 19.6 Å². The van der Waals surface area contributed by atoms with E-state index in [2.05, 4.69) is 10.2 Å². The van der Waals surface area contributed by atoms with Gasteiger partial charge >= 0.3 is 11.9 Å². The van der Waals surface area contributed by atoms with Crippen LogP contribution in [0.2, 0.25) is 5.02 Å². The molecule has 0 aliphatic carbocycles. The van der Waals surface area contributed by atoms with Crippen molar-refractivity contribution in [1.29, 1.82) is 0 Å². The van der Waals surface area contributed by atoms with Crippen LogP contribution in [-0.2, 0) is 22.6 Å². The quantitative estimate of drug-likeness (QED) is 0.330. The second-order valence-corrected chi connectivity index (χ2v) is 11.4. The predicted octanol–water partition coefficient (Wildman–Crippen LogP) is 4.62. The molecule has 4 aromatic rings. The van der Waals surface area contributed by atoms with Crippen LogP contribution in [-0.4, -0.2) is 66.8 Å². The van der Waals surface area contributed by atoms with Crippen molar-refractivity contribution >= 4 is 34.3 Å². The lowest BCUT2D eigenvalue weighted by Crippen LogP contribution is -2.44. The Bertz CT molecular complexity index is 1750. The lowest BCUT2D eigenvalue weighted by atomic mass is 9.92. The highest BCUT2D eigenvalue weighted by atomic mass is 35.5. The second kappa shape index (κ2) is 11.2. The van der Waals surface area contributed by atoms with Crippen LogP contribution in [0, 0.1) is 11.7 Å². The average molecular weight is 619 g/mol. The summed E-state index contributed by atoms with van der Waals surface area (Å²) in [4.78, 5) is 42.2. The van der Waals surface area contributed by atoms with Crippen LogP contribution in [0.5, 0.6) is 0 Å². The minimum absolute atomic E-state index is 0.0600. The molecule has 1 atom stereocenters. The fourth-order valence-electron chi connectivity index (χ4n) is 6.17. The van der Waals surface area contributed by atoms with Gasteiger partial charge in [-0.1, -0.05) is 23.7 Å². The Kier molecular flexibility index (Phi) is 7.53. The van der Waals surface area contributed by atoms with Gasteiger partial charge in [0, 0.05) is 49.9 Å². The number of imidazole rings is 1. The highest BCUT2D eigenvalue weighted by Crippen LogP contribution is 2.35. The minimum Gasteiger partial charge on any atom is -0.343 e. The number of amides is 2. The molecule has 1 unspecified atom stereocenters. The third kappa shape index (κ3) is 5.65. The number of nitrogens with zero attached hydrogens (tertiary/aromatic N) is 5. The van der Waals surface area contributed by atoms with Crippen molar-refractivity contribution in [2.45, 2.75) is 44.4 Å². The van der Waals surface area contributed by atoms with Crippen LogP contribution >= 0.6 is 11.6 Å². The maximum Gasteiger partial charge on any atom is 0.406 e. The van der Waals surface area contributed by atoms with Gasteiger partial charge in [-0.25, -0.2) is 9.18 Å². The van der Waals surface area contributed by atoms with Gasteiger partial charge in [0.05, 0.1) is 28.3 Å². The zero-order valence-electron chi connectivity index (χ0n) is 22.8. The van der Waals surface area contributed by atoms with E-state index in [9.17, 15) is 31.9 Å². The molecule has 2 aliphatic heterocycles. The van der Waals surface area contributed by atoms with E-state index in [0.717, 1.165) is 4.90 Å². The molecule has 9 nitrogen and oxygen atoms in total. The number of halogens is 5. The lowest BCUT2D eigenvalue weighted by Gasteiger charge is -2.33. The Hall–Kier alpha value is -4.13. The Morgan fingerprint density at radius 1 is 1.12 bits per heavy atom. The van der Waals surface area contributed by atoms with E-state index in [1.165, 1.54) is 39.7 Å². The monoisotopic (exact) mass is 618 g/mol. The van der Waals surface area contributed by atoms with E-state index in [0.29, 0.717) is 53.0 Å². The van der Waals surface area contributed by atoms with Gasteiger partial charge in [-0.3, -0.25) is 23.8 Å². The van der Waals surface area contributed by atoms with E-state index in [1.807, 2.05) is 0 Å². The fourth-order valence-corrected chi connectivity index (χ4v) is 6.45. The predicted molar refractivity (Wildman–Crippen MR) is 149 cm³/mol. The Morgan fingerprint density at radius 2 is 1.86 bits per heavy atom. The number of aromatic amines is 1. The van der Waals surface area contributed by atoms with Crippen molar-refractivity contribution in [2.24, 2.45) is 5.92 Å². The number of likely N-dealkylation sites (tertiary alicyclic amines) is 1. The summed E-state index contributed by atoms with van der Waals surface area (Å²) in [6.45, 7) is -1.12. The van der Waals surface area contributed by atoms with Crippen molar-refractivity contribution in [3.8, 4) is 5.69 Å². The largest absolute Gasteiger partial charge is 0.406 e. The maximum absolute atomic E-state index is 14.2. The van der Waals surface area contributed by atoms with Gasteiger partial charge in [-0.05, 0) is 48.6 Å². The van der Waals surface area contributed by atoms with Crippen LogP contribution in [0.25, 0.3) is 16.6 Å². The molecule has 1 saturated heterocycles. The molecule has 2 aromatic carbocycles. The molecule has 14 heteroatoms. The van der Waals surface area contributed by atoms with Gasteiger partial charge in [-0.2, -0.15) is 18.3 Å². The molecule has 2 aromatic heterocycles. The van der Waals surface area contributed by atoms with Crippen molar-refractivity contribution in [3.63, 3.8) is 0 Å². The molecule has 0 spiro atoms. The van der Waals surface area contributed by atoms with Gasteiger partial charge in [0.2, 0.25) is 11.8 Å². The summed E-state index contributed by atoms with van der Waals surface area (Å²) in [5.74, 6) is -2.63. The molecule has 226 valence electrons. The molecule has 43 heavy (non-hydrogen) atoms. The molecule has 0 bridgehead atoms. The summed E-state index contributed by atoms with van der Waals surface area (Å²) in [6.07, 6.45) is 0.640. The number of hydrogen-bond donors (Lipinski definition) is 1. The van der Waals surface area contributed by atoms with E-state index in [4.69, 9.17) is 11.6 Å². The van der Waals surface area contributed by atoms with Crippen molar-refractivity contribution in [3.05, 3.63) is 81.4 Å². The number of alkyl halides is 3. The average Bonchev–Trinajstić information content (AvgIpc) is 3.58. The molecular weight excluding hydrogens is 592 g/mol. The summed E-state index contributed by atoms with van der Waals surface area (Å²) >= 11 is 6.39. The Morgan fingerprint density at radius 3 is 2.58 bits per heavy atom. The zero-order chi connectivity index (χ0) is 30.5. The Balaban J connectivity index is 1.18. The normalized spacial score (nSPS) is 18.3. The first-order valence-electron chi connectivity index (χ1n) is 13.8. The number of fused-ring (bicyclic) bond motifs is 3. The highest BCUT2D eigenvalue weighted by molar-refractivity contribution is 6.35. The molecule has 6 rings (SSSR count). The molecule has 2 amide bonds. The molecule has 1 N–H and O–H groups in total. The third-order valence-corrected chi connectivity index (χ3v) is 8.58. The summed E-state index contributed by atoms with van der Waals surface area (Å²) in [7, 11) is 0. The van der Waals surface area contributed by atoms with Gasteiger partial charge in [-0.15, -0.1) is 0 Å². The molecule has 0 saturated carbocycles. The van der Waals surface area contributed by atoms with Gasteiger partial charge < -0.3 is 9.80 Å². The zero-order valence-corrected chi connectivity index (χ0v) is 23.5. The number of piperidine rings is 1. The summed E-state index contributed by atoms with van der Waals surface area (Å²) in [6, 6.07) is 7.36. The van der Waals surface area contributed by atoms with Crippen LogP contribution in [0.15, 0.2) is 53.7 Å². The van der Waals surface area contributed by atoms with Crippen LogP contribution < -0.4 is 5.69 Å². The Labute approximate surface area is 247 Å².